The van der Waals surface area contributed by atoms with Gasteiger partial charge in [0.15, 0.2) is 0 Å². The van der Waals surface area contributed by atoms with Crippen LogP contribution in [-0.4, -0.2) is 38.0 Å². The Morgan fingerprint density at radius 2 is 1.90 bits per heavy atom. The number of rotatable bonds is 4. The van der Waals surface area contributed by atoms with E-state index in [0.29, 0.717) is 11.1 Å². The third-order valence-corrected chi connectivity index (χ3v) is 3.37. The van der Waals surface area contributed by atoms with Crippen LogP contribution in [0.2, 0.25) is 0 Å². The first-order valence-corrected chi connectivity index (χ1v) is 6.51. The summed E-state index contributed by atoms with van der Waals surface area (Å²) in [4.78, 5) is 29.9. The predicted molar refractivity (Wildman–Crippen MR) is 70.9 cm³/mol. The molecule has 0 aromatic rings. The molecule has 1 aliphatic heterocycles. The highest BCUT2D eigenvalue weighted by atomic mass is 16.6. The molecule has 2 rings (SSSR count). The van der Waals surface area contributed by atoms with Gasteiger partial charge < -0.3 is 14.3 Å². The fourth-order valence-corrected chi connectivity index (χ4v) is 2.50. The smallest absolute Gasteiger partial charge is 0.332 e. The zero-order chi connectivity index (χ0) is 14.8. The van der Waals surface area contributed by atoms with E-state index in [1.54, 1.807) is 26.8 Å². The zero-order valence-electron chi connectivity index (χ0n) is 11.8. The van der Waals surface area contributed by atoms with Crippen LogP contribution in [0.25, 0.3) is 0 Å². The molecular formula is C14H17NO5. The number of hydrogen-bond acceptors (Lipinski definition) is 6. The first kappa shape index (κ1) is 14.3. The van der Waals surface area contributed by atoms with Crippen LogP contribution < -0.4 is 0 Å². The second-order valence-electron chi connectivity index (χ2n) is 4.47. The van der Waals surface area contributed by atoms with Crippen molar-refractivity contribution in [3.05, 3.63) is 22.8 Å². The fourth-order valence-electron chi connectivity index (χ4n) is 2.50. The average Bonchev–Trinajstić information content (AvgIpc) is 2.72. The van der Waals surface area contributed by atoms with Crippen LogP contribution in [0.5, 0.6) is 0 Å². The molecule has 0 radical (unpaired) electrons. The molecule has 0 aromatic heterocycles. The van der Waals surface area contributed by atoms with Crippen LogP contribution >= 0.6 is 0 Å². The zero-order valence-corrected chi connectivity index (χ0v) is 11.8. The quantitative estimate of drug-likeness (QED) is 0.574. The van der Waals surface area contributed by atoms with Gasteiger partial charge in [-0.15, -0.1) is 0 Å². The highest BCUT2D eigenvalue weighted by molar-refractivity contribution is 6.14. The molecule has 0 atom stereocenters. The molecule has 108 valence electrons. The van der Waals surface area contributed by atoms with E-state index in [4.69, 9.17) is 14.3 Å². The van der Waals surface area contributed by atoms with E-state index in [1.807, 2.05) is 0 Å². The number of carbonyl (C=O) groups excluding carboxylic acids is 2. The van der Waals surface area contributed by atoms with E-state index < -0.39 is 17.4 Å². The summed E-state index contributed by atoms with van der Waals surface area (Å²) >= 11 is 0. The first-order valence-electron chi connectivity index (χ1n) is 6.51. The molecule has 0 fully saturated rings. The maximum absolute atomic E-state index is 12.4. The van der Waals surface area contributed by atoms with Gasteiger partial charge in [-0.3, -0.25) is 9.59 Å². The molecule has 2 aliphatic rings. The van der Waals surface area contributed by atoms with Gasteiger partial charge >= 0.3 is 11.9 Å². The fraction of sp³-hybridized carbons (Fsp3) is 0.500. The van der Waals surface area contributed by atoms with Crippen LogP contribution in [0.3, 0.4) is 0 Å². The molecule has 0 spiro atoms. The Hall–Kier alpha value is -2.11. The lowest BCUT2D eigenvalue weighted by Crippen LogP contribution is -2.44. The van der Waals surface area contributed by atoms with Gasteiger partial charge in [0.2, 0.25) is 5.41 Å². The van der Waals surface area contributed by atoms with Crippen LogP contribution in [0.4, 0.5) is 0 Å². The van der Waals surface area contributed by atoms with E-state index in [-0.39, 0.29) is 19.8 Å². The summed E-state index contributed by atoms with van der Waals surface area (Å²) in [5, 5.41) is 3.70. The van der Waals surface area contributed by atoms with E-state index in [0.717, 1.165) is 5.57 Å². The normalized spacial score (nSPS) is 19.1. The summed E-state index contributed by atoms with van der Waals surface area (Å²) in [6, 6.07) is 0. The van der Waals surface area contributed by atoms with Crippen LogP contribution in [0.1, 0.15) is 20.8 Å². The number of ether oxygens (including phenoxy) is 2. The number of carbonyl (C=O) groups is 2. The lowest BCUT2D eigenvalue weighted by molar-refractivity contribution is -0.165. The molecule has 0 saturated heterocycles. The van der Waals surface area contributed by atoms with Gasteiger partial charge in [-0.2, -0.15) is 0 Å². The Morgan fingerprint density at radius 1 is 1.30 bits per heavy atom. The van der Waals surface area contributed by atoms with Crippen molar-refractivity contribution >= 4 is 18.2 Å². The molecule has 1 aliphatic carbocycles. The molecule has 0 bridgehead atoms. The average molecular weight is 279 g/mol. The minimum Gasteiger partial charge on any atom is -0.465 e. The van der Waals surface area contributed by atoms with Gasteiger partial charge in [-0.05, 0) is 31.9 Å². The predicted octanol–water partition coefficient (Wildman–Crippen LogP) is 1.37. The molecule has 0 aromatic carbocycles. The van der Waals surface area contributed by atoms with Crippen molar-refractivity contribution in [1.29, 1.82) is 0 Å². The van der Waals surface area contributed by atoms with Crippen molar-refractivity contribution in [2.75, 3.05) is 19.8 Å². The van der Waals surface area contributed by atoms with Gasteiger partial charge in [0, 0.05) is 5.57 Å². The molecule has 1 heterocycles. The third-order valence-electron chi connectivity index (χ3n) is 3.37. The van der Waals surface area contributed by atoms with E-state index in [9.17, 15) is 9.59 Å². The van der Waals surface area contributed by atoms with Crippen LogP contribution in [-0.2, 0) is 23.9 Å². The molecule has 0 unspecified atom stereocenters. The van der Waals surface area contributed by atoms with Crippen molar-refractivity contribution in [3.8, 4) is 0 Å². The first-order chi connectivity index (χ1) is 9.58. The Bertz CT molecular complexity index is 512. The van der Waals surface area contributed by atoms with Gasteiger partial charge in [-0.1, -0.05) is 11.2 Å². The summed E-state index contributed by atoms with van der Waals surface area (Å²) in [7, 11) is 0. The maximum atomic E-state index is 12.4. The highest BCUT2D eigenvalue weighted by Gasteiger charge is 2.57. The molecule has 0 N–H and O–H groups in total. The topological polar surface area (TPSA) is 74.2 Å². The van der Waals surface area contributed by atoms with Gasteiger partial charge in [0.1, 0.15) is 6.61 Å². The lowest BCUT2D eigenvalue weighted by Gasteiger charge is -2.28. The summed E-state index contributed by atoms with van der Waals surface area (Å²) in [5.41, 5.74) is 0.252. The Balaban J connectivity index is 2.54. The van der Waals surface area contributed by atoms with Crippen LogP contribution in [0, 0.1) is 5.41 Å². The second-order valence-corrected chi connectivity index (χ2v) is 4.47. The number of hydrogen-bond donors (Lipinski definition) is 0. The van der Waals surface area contributed by atoms with E-state index in [1.165, 1.54) is 6.21 Å². The number of nitrogens with zero attached hydrogens (tertiary/aromatic N) is 1. The van der Waals surface area contributed by atoms with Gasteiger partial charge in [0.25, 0.3) is 0 Å². The Kier molecular flexibility index (Phi) is 3.92. The number of oxime groups is 1. The summed E-state index contributed by atoms with van der Waals surface area (Å²) < 4.78 is 10.2. The third kappa shape index (κ3) is 1.92. The summed E-state index contributed by atoms with van der Waals surface area (Å²) in [5.74, 6) is -1.27. The monoisotopic (exact) mass is 279 g/mol. The van der Waals surface area contributed by atoms with E-state index >= 15 is 0 Å². The molecule has 6 nitrogen and oxygen atoms in total. The lowest BCUT2D eigenvalue weighted by atomic mass is 9.77. The van der Waals surface area contributed by atoms with Crippen molar-refractivity contribution in [2.45, 2.75) is 20.8 Å². The highest BCUT2D eigenvalue weighted by Crippen LogP contribution is 2.45. The number of esters is 2. The summed E-state index contributed by atoms with van der Waals surface area (Å²) in [6.45, 7) is 5.69. The van der Waals surface area contributed by atoms with Gasteiger partial charge in [0.05, 0.1) is 19.4 Å². The second kappa shape index (κ2) is 5.48. The van der Waals surface area contributed by atoms with Gasteiger partial charge in [-0.25, -0.2) is 0 Å². The maximum Gasteiger partial charge on any atom is 0.332 e. The minimum atomic E-state index is -1.55. The van der Waals surface area contributed by atoms with Crippen molar-refractivity contribution in [1.82, 2.24) is 0 Å². The van der Waals surface area contributed by atoms with E-state index in [2.05, 4.69) is 5.16 Å². The Labute approximate surface area is 117 Å². The van der Waals surface area contributed by atoms with Crippen LogP contribution in [0.15, 0.2) is 28.0 Å². The summed E-state index contributed by atoms with van der Waals surface area (Å²) in [6.07, 6.45) is 3.15. The molecule has 0 saturated carbocycles. The van der Waals surface area contributed by atoms with Crippen molar-refractivity contribution < 1.29 is 23.9 Å². The largest absolute Gasteiger partial charge is 0.465 e. The molecular weight excluding hydrogens is 262 g/mol. The van der Waals surface area contributed by atoms with Crippen molar-refractivity contribution in [3.63, 3.8) is 0 Å². The molecule has 6 heteroatoms. The van der Waals surface area contributed by atoms with Crippen molar-refractivity contribution in [2.24, 2.45) is 10.6 Å². The minimum absolute atomic E-state index is 0.184. The SMILES string of the molecule is CCOC(=O)C1(C(=O)OCC)C(C)=CC2=C1C=NOC2. The Morgan fingerprint density at radius 3 is 2.45 bits per heavy atom. The molecule has 20 heavy (non-hydrogen) atoms. The standard InChI is InChI=1S/C14H17NO5/c1-4-18-12(16)14(13(17)19-5-2)9(3)6-10-8-20-15-7-11(10)14/h6-7H,4-5,8H2,1-3H3. The molecule has 0 amide bonds.